The van der Waals surface area contributed by atoms with Gasteiger partial charge in [-0.05, 0) is 31.0 Å². The van der Waals surface area contributed by atoms with Crippen LogP contribution in [0, 0.1) is 0 Å². The zero-order valence-corrected chi connectivity index (χ0v) is 16.1. The van der Waals surface area contributed by atoms with Gasteiger partial charge in [0, 0.05) is 30.7 Å². The number of nitrogens with zero attached hydrogens (tertiary/aromatic N) is 1. The number of benzene rings is 1. The number of piperidine rings is 1. The van der Waals surface area contributed by atoms with Crippen molar-refractivity contribution in [3.8, 4) is 0 Å². The van der Waals surface area contributed by atoms with Crippen LogP contribution >= 0.6 is 39.9 Å². The molecular weight excluding hydrogens is 405 g/mol. The Hall–Kier alpha value is -0.370. The molecule has 2 rings (SSSR count). The molecular formula is C15H22BrCl2N3O2. The lowest BCUT2D eigenvalue weighted by molar-refractivity contribution is -0.118. The summed E-state index contributed by atoms with van der Waals surface area (Å²) in [5.74, 6) is -0.0847. The maximum Gasteiger partial charge on any atom is 0.238 e. The van der Waals surface area contributed by atoms with Gasteiger partial charge in [-0.2, -0.15) is 0 Å². The van der Waals surface area contributed by atoms with Crippen molar-refractivity contribution in [2.45, 2.75) is 25.0 Å². The molecule has 0 saturated carbocycles. The Morgan fingerprint density at radius 3 is 2.91 bits per heavy atom. The fourth-order valence-corrected chi connectivity index (χ4v) is 3.42. The van der Waals surface area contributed by atoms with Gasteiger partial charge in [-0.25, -0.2) is 0 Å². The van der Waals surface area contributed by atoms with Crippen molar-refractivity contribution in [1.29, 1.82) is 0 Å². The largest absolute Gasteiger partial charge is 0.381 e. The summed E-state index contributed by atoms with van der Waals surface area (Å²) in [6, 6.07) is 5.55. The zero-order chi connectivity index (χ0) is 16.1. The number of rotatable bonds is 5. The molecule has 1 heterocycles. The molecule has 8 heteroatoms. The van der Waals surface area contributed by atoms with E-state index in [0.29, 0.717) is 23.8 Å². The lowest BCUT2D eigenvalue weighted by atomic mass is 9.99. The summed E-state index contributed by atoms with van der Waals surface area (Å²) in [6.07, 6.45) is 2.01. The average Bonchev–Trinajstić information content (AvgIpc) is 2.50. The standard InChI is InChI=1S/C15H21BrClN3O2.ClH/c1-22-12-4-5-20(11(7-12)8-18)9-15(21)19-14-3-2-10(16)6-13(14)17;/h2-3,6,11-12H,4-5,7-9,18H2,1H3,(H,19,21);1H. The number of carbonyl (C=O) groups excluding carboxylic acids is 1. The highest BCUT2D eigenvalue weighted by Crippen LogP contribution is 2.26. The molecule has 130 valence electrons. The summed E-state index contributed by atoms with van der Waals surface area (Å²) in [6.45, 7) is 1.64. The number of hydrogen-bond donors (Lipinski definition) is 2. The van der Waals surface area contributed by atoms with E-state index in [-0.39, 0.29) is 30.5 Å². The Balaban J connectivity index is 0.00000264. The predicted molar refractivity (Wildman–Crippen MR) is 99.5 cm³/mol. The van der Waals surface area contributed by atoms with E-state index in [0.717, 1.165) is 23.9 Å². The smallest absolute Gasteiger partial charge is 0.238 e. The van der Waals surface area contributed by atoms with Gasteiger partial charge in [0.1, 0.15) is 0 Å². The van der Waals surface area contributed by atoms with Gasteiger partial charge < -0.3 is 15.8 Å². The zero-order valence-electron chi connectivity index (χ0n) is 12.9. The number of nitrogens with two attached hydrogens (primary N) is 1. The predicted octanol–water partition coefficient (Wildman–Crippen LogP) is 2.90. The first-order valence-electron chi connectivity index (χ1n) is 7.25. The summed E-state index contributed by atoms with van der Waals surface area (Å²) in [5.41, 5.74) is 6.44. The molecule has 1 amide bonds. The summed E-state index contributed by atoms with van der Waals surface area (Å²) >= 11 is 9.46. The van der Waals surface area contributed by atoms with E-state index in [1.165, 1.54) is 0 Å². The SMILES string of the molecule is COC1CCN(CC(=O)Nc2ccc(Br)cc2Cl)C(CN)C1.Cl. The second-order valence-corrected chi connectivity index (χ2v) is 6.74. The van der Waals surface area contributed by atoms with Crippen LogP contribution in [0.4, 0.5) is 5.69 Å². The second-order valence-electron chi connectivity index (χ2n) is 5.41. The van der Waals surface area contributed by atoms with Gasteiger partial charge in [0.05, 0.1) is 23.4 Å². The van der Waals surface area contributed by atoms with Crippen molar-refractivity contribution in [3.63, 3.8) is 0 Å². The molecule has 1 fully saturated rings. The van der Waals surface area contributed by atoms with Gasteiger partial charge in [-0.15, -0.1) is 12.4 Å². The number of carbonyl (C=O) groups is 1. The van der Waals surface area contributed by atoms with Crippen LogP contribution in [0.15, 0.2) is 22.7 Å². The summed E-state index contributed by atoms with van der Waals surface area (Å²) in [4.78, 5) is 14.3. The molecule has 23 heavy (non-hydrogen) atoms. The number of nitrogens with one attached hydrogen (secondary N) is 1. The van der Waals surface area contributed by atoms with Gasteiger partial charge in [0.25, 0.3) is 0 Å². The molecule has 1 aliphatic heterocycles. The van der Waals surface area contributed by atoms with Crippen molar-refractivity contribution in [2.24, 2.45) is 5.73 Å². The fourth-order valence-electron chi connectivity index (χ4n) is 2.70. The van der Waals surface area contributed by atoms with Crippen LogP contribution in [-0.2, 0) is 9.53 Å². The first-order valence-corrected chi connectivity index (χ1v) is 8.42. The molecule has 1 aliphatic rings. The van der Waals surface area contributed by atoms with Crippen LogP contribution in [0.25, 0.3) is 0 Å². The number of amides is 1. The molecule has 1 aromatic rings. The lowest BCUT2D eigenvalue weighted by Gasteiger charge is -2.37. The van der Waals surface area contributed by atoms with Gasteiger partial charge in [-0.3, -0.25) is 9.69 Å². The van der Waals surface area contributed by atoms with Gasteiger partial charge in [-0.1, -0.05) is 27.5 Å². The first kappa shape index (κ1) is 20.7. The van der Waals surface area contributed by atoms with Crippen LogP contribution in [-0.4, -0.2) is 49.7 Å². The second kappa shape index (κ2) is 9.81. The fraction of sp³-hybridized carbons (Fsp3) is 0.533. The highest BCUT2D eigenvalue weighted by molar-refractivity contribution is 9.10. The van der Waals surface area contributed by atoms with Crippen LogP contribution in [0.3, 0.4) is 0 Å². The minimum Gasteiger partial charge on any atom is -0.381 e. The molecule has 1 aromatic carbocycles. The normalized spacial score (nSPS) is 21.6. The van der Waals surface area contributed by atoms with Crippen molar-refractivity contribution >= 4 is 51.5 Å². The number of anilines is 1. The van der Waals surface area contributed by atoms with E-state index >= 15 is 0 Å². The Kier molecular flexibility index (Phi) is 8.82. The molecule has 0 bridgehead atoms. The lowest BCUT2D eigenvalue weighted by Crippen LogP contribution is -2.50. The first-order chi connectivity index (χ1) is 10.5. The molecule has 1 saturated heterocycles. The van der Waals surface area contributed by atoms with Crippen molar-refractivity contribution in [2.75, 3.05) is 32.1 Å². The van der Waals surface area contributed by atoms with Crippen LogP contribution in [0.1, 0.15) is 12.8 Å². The van der Waals surface area contributed by atoms with E-state index in [2.05, 4.69) is 26.1 Å². The molecule has 2 unspecified atom stereocenters. The minimum atomic E-state index is -0.0847. The number of ether oxygens (including phenoxy) is 1. The quantitative estimate of drug-likeness (QED) is 0.759. The monoisotopic (exact) mass is 425 g/mol. The van der Waals surface area contributed by atoms with Crippen LogP contribution in [0.5, 0.6) is 0 Å². The van der Waals surface area contributed by atoms with Crippen molar-refractivity contribution < 1.29 is 9.53 Å². The number of halogens is 3. The van der Waals surface area contributed by atoms with Gasteiger partial charge in [0.15, 0.2) is 0 Å². The van der Waals surface area contributed by atoms with E-state index < -0.39 is 0 Å². The van der Waals surface area contributed by atoms with Crippen LogP contribution < -0.4 is 11.1 Å². The maximum atomic E-state index is 12.2. The summed E-state index contributed by atoms with van der Waals surface area (Å²) in [7, 11) is 1.72. The molecule has 0 aromatic heterocycles. The summed E-state index contributed by atoms with van der Waals surface area (Å²) < 4.78 is 6.27. The third-order valence-electron chi connectivity index (χ3n) is 3.95. The van der Waals surface area contributed by atoms with Crippen molar-refractivity contribution in [3.05, 3.63) is 27.7 Å². The highest BCUT2D eigenvalue weighted by Gasteiger charge is 2.28. The van der Waals surface area contributed by atoms with Gasteiger partial charge >= 0.3 is 0 Å². The van der Waals surface area contributed by atoms with Gasteiger partial charge in [0.2, 0.25) is 5.91 Å². The Morgan fingerprint density at radius 1 is 1.57 bits per heavy atom. The van der Waals surface area contributed by atoms with E-state index in [4.69, 9.17) is 22.1 Å². The van der Waals surface area contributed by atoms with E-state index in [9.17, 15) is 4.79 Å². The van der Waals surface area contributed by atoms with Crippen molar-refractivity contribution in [1.82, 2.24) is 4.90 Å². The molecule has 2 atom stereocenters. The van der Waals surface area contributed by atoms with E-state index in [1.54, 1.807) is 19.2 Å². The number of methoxy groups -OCH3 is 1. The maximum absolute atomic E-state index is 12.2. The third-order valence-corrected chi connectivity index (χ3v) is 4.75. The topological polar surface area (TPSA) is 67.6 Å². The average molecular weight is 427 g/mol. The number of likely N-dealkylation sites (tertiary alicyclic amines) is 1. The Labute approximate surface area is 156 Å². The molecule has 3 N–H and O–H groups in total. The Morgan fingerprint density at radius 2 is 2.30 bits per heavy atom. The third kappa shape index (κ3) is 5.89. The summed E-state index contributed by atoms with van der Waals surface area (Å²) in [5, 5.41) is 3.36. The Bertz CT molecular complexity index is 533. The molecule has 0 radical (unpaired) electrons. The number of hydrogen-bond acceptors (Lipinski definition) is 4. The highest BCUT2D eigenvalue weighted by atomic mass is 79.9. The molecule has 0 spiro atoms. The van der Waals surface area contributed by atoms with E-state index in [1.807, 2.05) is 6.07 Å². The minimum absolute atomic E-state index is 0. The molecule has 5 nitrogen and oxygen atoms in total. The van der Waals surface area contributed by atoms with Crippen LogP contribution in [0.2, 0.25) is 5.02 Å². The molecule has 0 aliphatic carbocycles.